The van der Waals surface area contributed by atoms with E-state index in [9.17, 15) is 14.7 Å². The number of Topliss-reactive ketones (excluding diaryl/α,β-unsaturated/α-hetero) is 1. The molecule has 3 aromatic rings. The Kier molecular flexibility index (Phi) is 7.18. The van der Waals surface area contributed by atoms with Gasteiger partial charge in [0.15, 0.2) is 0 Å². The molecule has 2 unspecified atom stereocenters. The van der Waals surface area contributed by atoms with Crippen LogP contribution < -0.4 is 9.47 Å². The van der Waals surface area contributed by atoms with Gasteiger partial charge >= 0.3 is 0 Å². The Morgan fingerprint density at radius 2 is 1.92 bits per heavy atom. The van der Waals surface area contributed by atoms with E-state index in [0.717, 1.165) is 23.3 Å². The molecule has 0 radical (unpaired) electrons. The average molecular weight is 513 g/mol. The molecule has 2 atom stereocenters. The number of carbonyl (C=O) groups excluding carboxylic acids is 2. The second kappa shape index (κ2) is 10.7. The highest BCUT2D eigenvalue weighted by Gasteiger charge is 2.46. The Labute approximate surface area is 222 Å². The summed E-state index contributed by atoms with van der Waals surface area (Å²) in [7, 11) is 0. The number of ketones is 1. The molecular weight excluding hydrogens is 480 g/mol. The average Bonchev–Trinajstić information content (AvgIpc) is 3.40. The minimum Gasteiger partial charge on any atom is -0.507 e. The summed E-state index contributed by atoms with van der Waals surface area (Å²) in [6.07, 6.45) is 4.97. The van der Waals surface area contributed by atoms with Crippen LogP contribution in [0.2, 0.25) is 0 Å². The van der Waals surface area contributed by atoms with Crippen molar-refractivity contribution >= 4 is 17.4 Å². The highest BCUT2D eigenvalue weighted by molar-refractivity contribution is 6.46. The van der Waals surface area contributed by atoms with Gasteiger partial charge in [0.1, 0.15) is 23.4 Å². The zero-order chi connectivity index (χ0) is 26.8. The molecule has 0 aliphatic carbocycles. The summed E-state index contributed by atoms with van der Waals surface area (Å²) in [6.45, 7) is 7.02. The van der Waals surface area contributed by atoms with E-state index in [4.69, 9.17) is 9.47 Å². The first kappa shape index (κ1) is 25.5. The minimum atomic E-state index is -0.778. The number of likely N-dealkylation sites (tertiary alicyclic amines) is 1. The minimum absolute atomic E-state index is 0.0479. The Morgan fingerprint density at radius 1 is 1.13 bits per heavy atom. The van der Waals surface area contributed by atoms with Crippen molar-refractivity contribution < 1.29 is 24.2 Å². The first-order chi connectivity index (χ1) is 18.3. The lowest BCUT2D eigenvalue weighted by Gasteiger charge is -2.26. The zero-order valence-electron chi connectivity index (χ0n) is 21.9. The highest BCUT2D eigenvalue weighted by Crippen LogP contribution is 2.42. The summed E-state index contributed by atoms with van der Waals surface area (Å²) < 4.78 is 11.8. The summed E-state index contributed by atoms with van der Waals surface area (Å²) in [5.74, 6) is 0.372. The Balaban J connectivity index is 1.57. The number of hydrogen-bond acceptors (Lipinski definition) is 6. The number of aromatic nitrogens is 1. The van der Waals surface area contributed by atoms with Crippen molar-refractivity contribution in [3.63, 3.8) is 0 Å². The van der Waals surface area contributed by atoms with Gasteiger partial charge in [-0.1, -0.05) is 26.0 Å². The van der Waals surface area contributed by atoms with Gasteiger partial charge in [-0.2, -0.15) is 0 Å². The third-order valence-corrected chi connectivity index (χ3v) is 6.95. The second-order valence-electron chi connectivity index (χ2n) is 10.3. The predicted octanol–water partition coefficient (Wildman–Crippen LogP) is 5.45. The Hall–Kier alpha value is -4.13. The number of fused-ring (bicyclic) bond motifs is 1. The lowest BCUT2D eigenvalue weighted by atomic mass is 9.94. The van der Waals surface area contributed by atoms with E-state index in [1.807, 2.05) is 49.4 Å². The fourth-order valence-corrected chi connectivity index (χ4v) is 4.99. The predicted molar refractivity (Wildman–Crippen MR) is 144 cm³/mol. The van der Waals surface area contributed by atoms with Gasteiger partial charge < -0.3 is 19.5 Å². The molecule has 1 aromatic heterocycles. The number of pyridine rings is 1. The molecule has 3 heterocycles. The van der Waals surface area contributed by atoms with Crippen molar-refractivity contribution in [3.05, 3.63) is 94.8 Å². The lowest BCUT2D eigenvalue weighted by molar-refractivity contribution is -0.140. The van der Waals surface area contributed by atoms with Gasteiger partial charge in [0.2, 0.25) is 0 Å². The van der Waals surface area contributed by atoms with Crippen LogP contribution in [0.4, 0.5) is 0 Å². The molecule has 5 rings (SSSR count). The molecule has 38 heavy (non-hydrogen) atoms. The van der Waals surface area contributed by atoms with Crippen molar-refractivity contribution in [3.8, 4) is 11.5 Å². The lowest BCUT2D eigenvalue weighted by Crippen LogP contribution is -2.29. The van der Waals surface area contributed by atoms with Gasteiger partial charge in [0.25, 0.3) is 11.7 Å². The maximum Gasteiger partial charge on any atom is 0.295 e. The van der Waals surface area contributed by atoms with Crippen LogP contribution in [0, 0.1) is 5.92 Å². The van der Waals surface area contributed by atoms with E-state index in [-0.39, 0.29) is 24.0 Å². The van der Waals surface area contributed by atoms with Crippen LogP contribution in [-0.4, -0.2) is 39.4 Å². The standard InChI is InChI=1S/C31H32N2O5/c1-19(2)11-14-37-25-6-4-5-22(17-25)28-27(29(34)23-7-8-26-24(16-23)15-20(3)38-26)30(35)31(36)33(28)18-21-9-12-32-13-10-21/h4-10,12-13,16-17,19-20,28,34H,11,14-15,18H2,1-3H3/b29-27-. The van der Waals surface area contributed by atoms with Crippen LogP contribution in [0.25, 0.3) is 5.76 Å². The molecule has 7 nitrogen and oxygen atoms in total. The largest absolute Gasteiger partial charge is 0.507 e. The number of benzene rings is 2. The molecule has 0 spiro atoms. The number of aliphatic hydroxyl groups excluding tert-OH is 1. The van der Waals surface area contributed by atoms with Crippen LogP contribution >= 0.6 is 0 Å². The number of amides is 1. The number of carbonyl (C=O) groups is 2. The van der Waals surface area contributed by atoms with Gasteiger partial charge in [0.05, 0.1) is 18.2 Å². The number of ether oxygens (including phenoxy) is 2. The van der Waals surface area contributed by atoms with E-state index >= 15 is 0 Å². The number of aliphatic hydroxyl groups is 1. The molecule has 1 fully saturated rings. The molecule has 1 saturated heterocycles. The van der Waals surface area contributed by atoms with Crippen molar-refractivity contribution in [1.29, 1.82) is 0 Å². The monoisotopic (exact) mass is 512 g/mol. The van der Waals surface area contributed by atoms with Gasteiger partial charge in [-0.15, -0.1) is 0 Å². The summed E-state index contributed by atoms with van der Waals surface area (Å²) in [4.78, 5) is 32.4. The van der Waals surface area contributed by atoms with Crippen LogP contribution in [-0.2, 0) is 22.6 Å². The van der Waals surface area contributed by atoms with Crippen molar-refractivity contribution in [1.82, 2.24) is 9.88 Å². The molecule has 7 heteroatoms. The Bertz CT molecular complexity index is 1380. The van der Waals surface area contributed by atoms with Gasteiger partial charge in [-0.05, 0) is 78.4 Å². The normalized spacial score (nSPS) is 20.1. The van der Waals surface area contributed by atoms with Crippen LogP contribution in [0.3, 0.4) is 0 Å². The topological polar surface area (TPSA) is 89.0 Å². The molecule has 2 aliphatic heterocycles. The van der Waals surface area contributed by atoms with Gasteiger partial charge in [0, 0.05) is 30.9 Å². The number of rotatable bonds is 8. The third-order valence-electron chi connectivity index (χ3n) is 6.95. The molecule has 1 amide bonds. The first-order valence-corrected chi connectivity index (χ1v) is 13.0. The van der Waals surface area contributed by atoms with E-state index in [0.29, 0.717) is 35.8 Å². The molecule has 196 valence electrons. The smallest absolute Gasteiger partial charge is 0.295 e. The van der Waals surface area contributed by atoms with Gasteiger partial charge in [-0.3, -0.25) is 14.6 Å². The second-order valence-corrected chi connectivity index (χ2v) is 10.3. The molecule has 0 bridgehead atoms. The van der Waals surface area contributed by atoms with Gasteiger partial charge in [-0.25, -0.2) is 0 Å². The van der Waals surface area contributed by atoms with E-state index in [1.165, 1.54) is 4.90 Å². The molecule has 2 aromatic carbocycles. The SMILES string of the molecule is CC(C)CCOc1cccc(C2/C(=C(/O)c3ccc4c(c3)CC(C)O4)C(=O)C(=O)N2Cc2ccncc2)c1. The maximum atomic E-state index is 13.4. The fourth-order valence-electron chi connectivity index (χ4n) is 4.99. The van der Waals surface area contributed by atoms with Crippen molar-refractivity contribution in [2.24, 2.45) is 5.92 Å². The quantitative estimate of drug-likeness (QED) is 0.245. The molecular formula is C31H32N2O5. The molecule has 2 aliphatic rings. The van der Waals surface area contributed by atoms with Crippen LogP contribution in [0.5, 0.6) is 11.5 Å². The van der Waals surface area contributed by atoms with Crippen LogP contribution in [0.1, 0.15) is 55.5 Å². The zero-order valence-corrected chi connectivity index (χ0v) is 21.9. The summed E-state index contributed by atoms with van der Waals surface area (Å²) >= 11 is 0. The highest BCUT2D eigenvalue weighted by atomic mass is 16.5. The number of nitrogens with zero attached hydrogens (tertiary/aromatic N) is 2. The first-order valence-electron chi connectivity index (χ1n) is 13.0. The van der Waals surface area contributed by atoms with E-state index in [2.05, 4.69) is 18.8 Å². The van der Waals surface area contributed by atoms with Crippen molar-refractivity contribution in [2.45, 2.75) is 52.3 Å². The van der Waals surface area contributed by atoms with Crippen LogP contribution in [0.15, 0.2) is 72.6 Å². The van der Waals surface area contributed by atoms with E-state index < -0.39 is 17.7 Å². The summed E-state index contributed by atoms with van der Waals surface area (Å²) in [5, 5.41) is 11.5. The summed E-state index contributed by atoms with van der Waals surface area (Å²) in [5.41, 5.74) is 3.04. The van der Waals surface area contributed by atoms with E-state index in [1.54, 1.807) is 24.5 Å². The van der Waals surface area contributed by atoms with Crippen molar-refractivity contribution in [2.75, 3.05) is 6.61 Å². The fraction of sp³-hybridized carbons (Fsp3) is 0.323. The Morgan fingerprint density at radius 3 is 2.68 bits per heavy atom. The molecule has 1 N–H and O–H groups in total. The third kappa shape index (κ3) is 5.14. The molecule has 0 saturated carbocycles. The summed E-state index contributed by atoms with van der Waals surface area (Å²) in [6, 6.07) is 15.6. The maximum absolute atomic E-state index is 13.4. The number of hydrogen-bond donors (Lipinski definition) is 1.